The summed E-state index contributed by atoms with van der Waals surface area (Å²) in [6.45, 7) is 8.14. The predicted molar refractivity (Wildman–Crippen MR) is 179 cm³/mol. The minimum Gasteiger partial charge on any atom is -0.322 e. The molecule has 2 amide bonds. The van der Waals surface area contributed by atoms with E-state index in [2.05, 4.69) is 56.0 Å². The SMILES string of the molecule is Cc1ccc(NC(=O)c2c(-n3c(C)cc(/C=C4\SC(=Nc5ccc(Br)cc5C)NC4=O)c3C)sc3c2CCCC3)cc1. The maximum atomic E-state index is 13.8. The van der Waals surface area contributed by atoms with Crippen molar-refractivity contribution in [2.24, 2.45) is 4.99 Å². The van der Waals surface area contributed by atoms with Gasteiger partial charge in [-0.15, -0.1) is 11.3 Å². The second kappa shape index (κ2) is 11.7. The van der Waals surface area contributed by atoms with E-state index in [0.29, 0.717) is 10.1 Å². The summed E-state index contributed by atoms with van der Waals surface area (Å²) in [6, 6.07) is 15.9. The zero-order chi connectivity index (χ0) is 29.5. The molecule has 9 heteroatoms. The molecule has 0 unspecified atom stereocenters. The summed E-state index contributed by atoms with van der Waals surface area (Å²) in [5.41, 5.74) is 8.68. The molecule has 6 rings (SSSR count). The summed E-state index contributed by atoms with van der Waals surface area (Å²) in [6.07, 6.45) is 6.07. The van der Waals surface area contributed by atoms with E-state index >= 15 is 0 Å². The van der Waals surface area contributed by atoms with Crippen molar-refractivity contribution >= 4 is 73.5 Å². The second-order valence-electron chi connectivity index (χ2n) is 10.8. The van der Waals surface area contributed by atoms with Crippen molar-refractivity contribution in [2.75, 3.05) is 5.32 Å². The monoisotopic (exact) mass is 658 g/mol. The van der Waals surface area contributed by atoms with Gasteiger partial charge in [0.25, 0.3) is 11.8 Å². The van der Waals surface area contributed by atoms with Crippen molar-refractivity contribution in [3.8, 4) is 5.00 Å². The van der Waals surface area contributed by atoms with Crippen LogP contribution < -0.4 is 10.6 Å². The van der Waals surface area contributed by atoms with Crippen molar-refractivity contribution in [3.05, 3.63) is 102 Å². The Kier molecular flexibility index (Phi) is 8.00. The van der Waals surface area contributed by atoms with Crippen LogP contribution >= 0.6 is 39.0 Å². The van der Waals surface area contributed by atoms with E-state index in [0.717, 1.165) is 80.2 Å². The van der Waals surface area contributed by atoms with E-state index in [1.54, 1.807) is 11.3 Å². The van der Waals surface area contributed by atoms with Crippen LogP contribution in [0.3, 0.4) is 0 Å². The number of thiophene rings is 1. The number of aryl methyl sites for hydroxylation is 4. The van der Waals surface area contributed by atoms with E-state index in [-0.39, 0.29) is 11.8 Å². The Balaban J connectivity index is 1.35. The van der Waals surface area contributed by atoms with Crippen molar-refractivity contribution in [1.29, 1.82) is 0 Å². The fourth-order valence-corrected chi connectivity index (χ4v) is 8.29. The maximum absolute atomic E-state index is 13.8. The number of nitrogens with zero attached hydrogens (tertiary/aromatic N) is 2. The maximum Gasteiger partial charge on any atom is 0.264 e. The van der Waals surface area contributed by atoms with Gasteiger partial charge in [0.2, 0.25) is 0 Å². The molecule has 2 aliphatic rings. The molecular weight excluding hydrogens is 628 g/mol. The molecule has 2 N–H and O–H groups in total. The smallest absolute Gasteiger partial charge is 0.264 e. The predicted octanol–water partition coefficient (Wildman–Crippen LogP) is 8.56. The third-order valence-electron chi connectivity index (χ3n) is 7.68. The van der Waals surface area contributed by atoms with Gasteiger partial charge in [-0.25, -0.2) is 4.99 Å². The van der Waals surface area contributed by atoms with Crippen LogP contribution in [0.2, 0.25) is 0 Å². The summed E-state index contributed by atoms with van der Waals surface area (Å²) in [7, 11) is 0. The Morgan fingerprint density at radius 1 is 1.05 bits per heavy atom. The van der Waals surface area contributed by atoms with Crippen LogP contribution in [0.1, 0.15) is 61.7 Å². The van der Waals surface area contributed by atoms with Gasteiger partial charge in [0.15, 0.2) is 5.17 Å². The quantitative estimate of drug-likeness (QED) is 0.211. The molecule has 1 fully saturated rings. The first-order chi connectivity index (χ1) is 20.2. The highest BCUT2D eigenvalue weighted by molar-refractivity contribution is 9.10. The van der Waals surface area contributed by atoms with E-state index < -0.39 is 0 Å². The molecule has 0 bridgehead atoms. The molecule has 0 spiro atoms. The third-order valence-corrected chi connectivity index (χ3v) is 10.4. The van der Waals surface area contributed by atoms with Crippen LogP contribution in [0, 0.1) is 27.7 Å². The van der Waals surface area contributed by atoms with E-state index in [9.17, 15) is 9.59 Å². The molecule has 2 aromatic carbocycles. The second-order valence-corrected chi connectivity index (χ2v) is 13.8. The lowest BCUT2D eigenvalue weighted by Gasteiger charge is -2.14. The number of rotatable bonds is 5. The van der Waals surface area contributed by atoms with Crippen LogP contribution in [0.5, 0.6) is 0 Å². The lowest BCUT2D eigenvalue weighted by atomic mass is 9.95. The fourth-order valence-electron chi connectivity index (χ4n) is 5.50. The Bertz CT molecular complexity index is 1800. The van der Waals surface area contributed by atoms with Crippen LogP contribution in [-0.2, 0) is 17.6 Å². The molecule has 1 aliphatic carbocycles. The highest BCUT2D eigenvalue weighted by atomic mass is 79.9. The van der Waals surface area contributed by atoms with E-state index in [1.807, 2.05) is 62.4 Å². The van der Waals surface area contributed by atoms with Gasteiger partial charge >= 0.3 is 0 Å². The Morgan fingerprint density at radius 3 is 2.57 bits per heavy atom. The number of anilines is 1. The number of halogens is 1. The molecule has 6 nitrogen and oxygen atoms in total. The lowest BCUT2D eigenvalue weighted by molar-refractivity contribution is -0.115. The van der Waals surface area contributed by atoms with Gasteiger partial charge in [-0.05, 0) is 124 Å². The molecule has 4 aromatic rings. The first-order valence-electron chi connectivity index (χ1n) is 14.0. The van der Waals surface area contributed by atoms with Gasteiger partial charge in [0.1, 0.15) is 5.00 Å². The fraction of sp³-hybridized carbons (Fsp3) is 0.242. The van der Waals surface area contributed by atoms with Gasteiger partial charge in [-0.2, -0.15) is 0 Å². The summed E-state index contributed by atoms with van der Waals surface area (Å²) in [4.78, 5) is 33.3. The zero-order valence-corrected chi connectivity index (χ0v) is 27.1. The van der Waals surface area contributed by atoms with Crippen molar-refractivity contribution < 1.29 is 9.59 Å². The number of aromatic nitrogens is 1. The minimum atomic E-state index is -0.164. The first kappa shape index (κ1) is 28.7. The van der Waals surface area contributed by atoms with Crippen molar-refractivity contribution in [1.82, 2.24) is 9.88 Å². The van der Waals surface area contributed by atoms with Gasteiger partial charge in [0, 0.05) is 26.4 Å². The summed E-state index contributed by atoms with van der Waals surface area (Å²) in [5.74, 6) is -0.237. The number of aliphatic imine (C=N–C) groups is 1. The van der Waals surface area contributed by atoms with E-state index in [4.69, 9.17) is 0 Å². The van der Waals surface area contributed by atoms with Crippen molar-refractivity contribution in [2.45, 2.75) is 53.4 Å². The van der Waals surface area contributed by atoms with Gasteiger partial charge < -0.3 is 15.2 Å². The van der Waals surface area contributed by atoms with Crippen LogP contribution in [-0.4, -0.2) is 21.5 Å². The highest BCUT2D eigenvalue weighted by Gasteiger charge is 2.29. The molecule has 42 heavy (non-hydrogen) atoms. The standard InChI is InChI=1S/C33H31BrN4O2S2/c1-18-9-12-24(13-10-18)35-31(40)29-25-7-5-6-8-27(25)41-32(29)38-20(3)16-22(21(38)4)17-28-30(39)37-33(42-28)36-26-14-11-23(34)15-19(26)2/h9-17H,5-8H2,1-4H3,(H,35,40)(H,36,37,39)/b28-17-. The number of fused-ring (bicyclic) bond motifs is 1. The molecule has 0 atom stereocenters. The average Bonchev–Trinajstić information content (AvgIpc) is 3.59. The molecule has 0 saturated carbocycles. The summed E-state index contributed by atoms with van der Waals surface area (Å²) in [5, 5.41) is 7.56. The average molecular weight is 660 g/mol. The number of amidine groups is 1. The van der Waals surface area contributed by atoms with Crippen LogP contribution in [0.4, 0.5) is 11.4 Å². The molecule has 2 aromatic heterocycles. The van der Waals surface area contributed by atoms with Gasteiger partial charge in [0.05, 0.1) is 16.2 Å². The summed E-state index contributed by atoms with van der Waals surface area (Å²) >= 11 is 6.55. The van der Waals surface area contributed by atoms with Crippen LogP contribution in [0.25, 0.3) is 11.1 Å². The largest absolute Gasteiger partial charge is 0.322 e. The molecule has 3 heterocycles. The summed E-state index contributed by atoms with van der Waals surface area (Å²) < 4.78 is 3.17. The third kappa shape index (κ3) is 5.65. The number of thioether (sulfide) groups is 1. The Labute approximate surface area is 262 Å². The number of hydrogen-bond acceptors (Lipinski definition) is 5. The zero-order valence-electron chi connectivity index (χ0n) is 23.9. The lowest BCUT2D eigenvalue weighted by Crippen LogP contribution is -2.19. The highest BCUT2D eigenvalue weighted by Crippen LogP contribution is 2.40. The molecule has 1 aliphatic heterocycles. The molecule has 0 radical (unpaired) electrons. The first-order valence-corrected chi connectivity index (χ1v) is 16.4. The van der Waals surface area contributed by atoms with E-state index in [1.165, 1.54) is 22.2 Å². The Hall–Kier alpha value is -3.40. The number of hydrogen-bond donors (Lipinski definition) is 2. The van der Waals surface area contributed by atoms with Gasteiger partial charge in [-0.3, -0.25) is 9.59 Å². The number of carbonyl (C=O) groups excluding carboxylic acids is 2. The van der Waals surface area contributed by atoms with Crippen LogP contribution in [0.15, 0.2) is 62.9 Å². The number of amides is 2. The molecule has 214 valence electrons. The number of benzene rings is 2. The number of carbonyl (C=O) groups is 2. The minimum absolute atomic E-state index is 0.0736. The Morgan fingerprint density at radius 2 is 1.81 bits per heavy atom. The number of nitrogens with one attached hydrogen (secondary N) is 2. The normalized spacial score (nSPS) is 16.6. The van der Waals surface area contributed by atoms with Crippen molar-refractivity contribution in [3.63, 3.8) is 0 Å². The van der Waals surface area contributed by atoms with Gasteiger partial charge in [-0.1, -0.05) is 33.6 Å². The topological polar surface area (TPSA) is 75.5 Å². The molecular formula is C33H31BrN4O2S2. The molecule has 1 saturated heterocycles.